The molecule has 0 aliphatic carbocycles. The maximum Gasteiger partial charge on any atom is 0.254 e. The van der Waals surface area contributed by atoms with Crippen LogP contribution in [0, 0.1) is 0 Å². The van der Waals surface area contributed by atoms with E-state index in [4.69, 9.17) is 4.42 Å². The fourth-order valence-electron chi connectivity index (χ4n) is 2.45. The number of hydrogen-bond donors (Lipinski definition) is 0. The lowest BCUT2D eigenvalue weighted by molar-refractivity contribution is 0.0775. The molecule has 2 aromatic heterocycles. The van der Waals surface area contributed by atoms with Gasteiger partial charge in [-0.05, 0) is 48.5 Å². The number of tetrazole rings is 1. The van der Waals surface area contributed by atoms with Gasteiger partial charge in [0.1, 0.15) is 5.76 Å². The SMILES string of the molecule is CC(C)n1nnnc1-c1cccc(C(=O)N(C)Cc2ccco2)c1. The molecular weight excluding hydrogens is 306 g/mol. The Hall–Kier alpha value is -2.96. The van der Waals surface area contributed by atoms with Crippen molar-refractivity contribution in [2.45, 2.75) is 26.4 Å². The van der Waals surface area contributed by atoms with Gasteiger partial charge in [0.25, 0.3) is 5.91 Å². The molecule has 1 aromatic carbocycles. The molecule has 0 radical (unpaired) electrons. The molecule has 0 bridgehead atoms. The number of rotatable bonds is 5. The minimum Gasteiger partial charge on any atom is -0.467 e. The topological polar surface area (TPSA) is 77.1 Å². The van der Waals surface area contributed by atoms with Gasteiger partial charge in [-0.25, -0.2) is 4.68 Å². The third-order valence-corrected chi connectivity index (χ3v) is 3.67. The largest absolute Gasteiger partial charge is 0.467 e. The molecule has 0 spiro atoms. The summed E-state index contributed by atoms with van der Waals surface area (Å²) in [7, 11) is 1.75. The summed E-state index contributed by atoms with van der Waals surface area (Å²) >= 11 is 0. The summed E-state index contributed by atoms with van der Waals surface area (Å²) in [6.07, 6.45) is 1.60. The Morgan fingerprint density at radius 1 is 1.29 bits per heavy atom. The van der Waals surface area contributed by atoms with Crippen LogP contribution in [-0.2, 0) is 6.54 Å². The summed E-state index contributed by atoms with van der Waals surface area (Å²) in [5.41, 5.74) is 1.39. The van der Waals surface area contributed by atoms with Crippen molar-refractivity contribution in [2.24, 2.45) is 0 Å². The van der Waals surface area contributed by atoms with Crippen molar-refractivity contribution in [3.63, 3.8) is 0 Å². The summed E-state index contributed by atoms with van der Waals surface area (Å²) in [4.78, 5) is 14.3. The Bertz CT molecular complexity index is 823. The molecule has 3 aromatic rings. The molecule has 0 unspecified atom stereocenters. The Labute approximate surface area is 139 Å². The number of carbonyl (C=O) groups excluding carboxylic acids is 1. The van der Waals surface area contributed by atoms with Crippen molar-refractivity contribution in [3.05, 3.63) is 54.0 Å². The van der Waals surface area contributed by atoms with Crippen molar-refractivity contribution in [2.75, 3.05) is 7.05 Å². The molecule has 0 saturated heterocycles. The number of aromatic nitrogens is 4. The summed E-state index contributed by atoms with van der Waals surface area (Å²) < 4.78 is 7.02. The van der Waals surface area contributed by atoms with Gasteiger partial charge in [-0.1, -0.05) is 12.1 Å². The van der Waals surface area contributed by atoms with E-state index in [9.17, 15) is 4.79 Å². The molecule has 0 aliphatic rings. The zero-order chi connectivity index (χ0) is 17.1. The van der Waals surface area contributed by atoms with E-state index in [1.807, 2.05) is 38.1 Å². The van der Waals surface area contributed by atoms with Crippen LogP contribution in [0.2, 0.25) is 0 Å². The van der Waals surface area contributed by atoms with Gasteiger partial charge in [0.2, 0.25) is 0 Å². The van der Waals surface area contributed by atoms with Crippen LogP contribution < -0.4 is 0 Å². The predicted octanol–water partition coefficient (Wildman–Crippen LogP) is 2.79. The quantitative estimate of drug-likeness (QED) is 0.721. The molecule has 1 amide bonds. The van der Waals surface area contributed by atoms with Crippen molar-refractivity contribution in [3.8, 4) is 11.4 Å². The van der Waals surface area contributed by atoms with Gasteiger partial charge >= 0.3 is 0 Å². The Kier molecular flexibility index (Phi) is 4.41. The Morgan fingerprint density at radius 2 is 2.12 bits per heavy atom. The first-order valence-electron chi connectivity index (χ1n) is 7.72. The summed E-state index contributed by atoms with van der Waals surface area (Å²) in [5.74, 6) is 1.30. The molecular formula is C17H19N5O2. The molecule has 0 fully saturated rings. The zero-order valence-corrected chi connectivity index (χ0v) is 13.9. The number of benzene rings is 1. The second-order valence-electron chi connectivity index (χ2n) is 5.86. The molecule has 0 atom stereocenters. The average molecular weight is 325 g/mol. The van der Waals surface area contributed by atoms with Gasteiger partial charge in [-0.15, -0.1) is 5.10 Å². The molecule has 0 N–H and O–H groups in total. The van der Waals surface area contributed by atoms with Gasteiger partial charge in [-0.2, -0.15) is 0 Å². The highest BCUT2D eigenvalue weighted by Crippen LogP contribution is 2.21. The summed E-state index contributed by atoms with van der Waals surface area (Å²) in [5, 5.41) is 11.8. The maximum absolute atomic E-state index is 12.6. The minimum atomic E-state index is -0.0863. The van der Waals surface area contributed by atoms with E-state index in [-0.39, 0.29) is 11.9 Å². The van der Waals surface area contributed by atoms with E-state index >= 15 is 0 Å². The van der Waals surface area contributed by atoms with Crippen LogP contribution in [0.1, 0.15) is 36.0 Å². The van der Waals surface area contributed by atoms with Gasteiger partial charge in [0.15, 0.2) is 5.82 Å². The molecule has 124 valence electrons. The number of nitrogens with zero attached hydrogens (tertiary/aromatic N) is 5. The molecule has 24 heavy (non-hydrogen) atoms. The first-order valence-corrected chi connectivity index (χ1v) is 7.72. The number of hydrogen-bond acceptors (Lipinski definition) is 5. The highest BCUT2D eigenvalue weighted by Gasteiger charge is 2.16. The van der Waals surface area contributed by atoms with E-state index in [1.165, 1.54) is 0 Å². The Morgan fingerprint density at radius 3 is 2.83 bits per heavy atom. The molecule has 7 nitrogen and oxygen atoms in total. The molecule has 3 rings (SSSR count). The second kappa shape index (κ2) is 6.66. The number of amides is 1. The van der Waals surface area contributed by atoms with Crippen LogP contribution >= 0.6 is 0 Å². The van der Waals surface area contributed by atoms with E-state index in [2.05, 4.69) is 15.5 Å². The number of carbonyl (C=O) groups is 1. The third kappa shape index (κ3) is 3.19. The first kappa shape index (κ1) is 15.9. The fourth-order valence-corrected chi connectivity index (χ4v) is 2.45. The van der Waals surface area contributed by atoms with Crippen LogP contribution in [0.4, 0.5) is 0 Å². The fraction of sp³-hybridized carbons (Fsp3) is 0.294. The molecule has 7 heteroatoms. The van der Waals surface area contributed by atoms with E-state index in [1.54, 1.807) is 35.0 Å². The van der Waals surface area contributed by atoms with Gasteiger partial charge in [0, 0.05) is 18.2 Å². The molecule has 2 heterocycles. The van der Waals surface area contributed by atoms with Crippen LogP contribution in [0.3, 0.4) is 0 Å². The lowest BCUT2D eigenvalue weighted by Crippen LogP contribution is -2.26. The lowest BCUT2D eigenvalue weighted by Gasteiger charge is -2.16. The Balaban J connectivity index is 1.84. The van der Waals surface area contributed by atoms with Crippen molar-refractivity contribution in [1.29, 1.82) is 0 Å². The van der Waals surface area contributed by atoms with Crippen LogP contribution in [0.15, 0.2) is 47.1 Å². The van der Waals surface area contributed by atoms with Gasteiger partial charge < -0.3 is 9.32 Å². The maximum atomic E-state index is 12.6. The predicted molar refractivity (Wildman–Crippen MR) is 88.1 cm³/mol. The van der Waals surface area contributed by atoms with E-state index in [0.717, 1.165) is 11.3 Å². The standard InChI is InChI=1S/C17H19N5O2/c1-12(2)22-16(18-19-20-22)13-6-4-7-14(10-13)17(23)21(3)11-15-8-5-9-24-15/h4-10,12H,11H2,1-3H3. The lowest BCUT2D eigenvalue weighted by atomic mass is 10.1. The van der Waals surface area contributed by atoms with Crippen molar-refractivity contribution in [1.82, 2.24) is 25.1 Å². The van der Waals surface area contributed by atoms with Gasteiger partial charge in [-0.3, -0.25) is 4.79 Å². The minimum absolute atomic E-state index is 0.0863. The number of furan rings is 1. The monoisotopic (exact) mass is 325 g/mol. The van der Waals surface area contributed by atoms with Crippen molar-refractivity contribution >= 4 is 5.91 Å². The highest BCUT2D eigenvalue weighted by molar-refractivity contribution is 5.95. The van der Waals surface area contributed by atoms with Gasteiger partial charge in [0.05, 0.1) is 18.8 Å². The van der Waals surface area contributed by atoms with E-state index < -0.39 is 0 Å². The summed E-state index contributed by atoms with van der Waals surface area (Å²) in [6.45, 7) is 4.43. The summed E-state index contributed by atoms with van der Waals surface area (Å²) in [6, 6.07) is 11.1. The third-order valence-electron chi connectivity index (χ3n) is 3.67. The highest BCUT2D eigenvalue weighted by atomic mass is 16.3. The van der Waals surface area contributed by atoms with Crippen LogP contribution in [-0.4, -0.2) is 38.1 Å². The molecule has 0 saturated carbocycles. The van der Waals surface area contributed by atoms with E-state index in [0.29, 0.717) is 17.9 Å². The van der Waals surface area contributed by atoms with Crippen LogP contribution in [0.25, 0.3) is 11.4 Å². The van der Waals surface area contributed by atoms with Crippen LogP contribution in [0.5, 0.6) is 0 Å². The average Bonchev–Trinajstić information content (AvgIpc) is 3.25. The smallest absolute Gasteiger partial charge is 0.254 e. The normalized spacial score (nSPS) is 11.0. The second-order valence-corrected chi connectivity index (χ2v) is 5.86. The van der Waals surface area contributed by atoms with Crippen molar-refractivity contribution < 1.29 is 9.21 Å². The first-order chi connectivity index (χ1) is 11.6. The molecule has 0 aliphatic heterocycles. The zero-order valence-electron chi connectivity index (χ0n) is 13.9.